The van der Waals surface area contributed by atoms with E-state index in [2.05, 4.69) is 6.42 Å². The summed E-state index contributed by atoms with van der Waals surface area (Å²) in [7, 11) is 0. The summed E-state index contributed by atoms with van der Waals surface area (Å²) in [5, 5.41) is 2.01. The fraction of sp³-hybridized carbons (Fsp3) is 0.600. The van der Waals surface area contributed by atoms with Crippen molar-refractivity contribution in [3.05, 3.63) is 0 Å². The van der Waals surface area contributed by atoms with Crippen molar-refractivity contribution in [2.75, 3.05) is 13.1 Å². The Labute approximate surface area is 51.2 Å². The van der Waals surface area contributed by atoms with Gasteiger partial charge in [-0.05, 0) is 0 Å². The van der Waals surface area contributed by atoms with Crippen molar-refractivity contribution in [2.24, 2.45) is 0 Å². The molecule has 0 rings (SSSR count). The molecule has 0 aliphatic carbocycles. The fourth-order valence-electron chi connectivity index (χ4n) is 0.276. The third kappa shape index (κ3) is 7.31. The maximum atomic E-state index is 11.2. The van der Waals surface area contributed by atoms with E-state index in [1.165, 1.54) is 0 Å². The van der Waals surface area contributed by atoms with Crippen LogP contribution in [0.15, 0.2) is 0 Å². The van der Waals surface area contributed by atoms with Gasteiger partial charge in [0.2, 0.25) is 0 Å². The van der Waals surface area contributed by atoms with Gasteiger partial charge in [0, 0.05) is 0 Å². The maximum absolute atomic E-state index is 11.2. The van der Waals surface area contributed by atoms with Crippen molar-refractivity contribution in [3.8, 4) is 12.3 Å². The third-order valence-corrected chi connectivity index (χ3v) is 0.553. The van der Waals surface area contributed by atoms with Crippen LogP contribution in [-0.4, -0.2) is 19.3 Å². The quantitative estimate of drug-likeness (QED) is 0.438. The minimum Gasteiger partial charge on any atom is -0.298 e. The van der Waals surface area contributed by atoms with Gasteiger partial charge < -0.3 is 0 Å². The first kappa shape index (κ1) is 8.31. The van der Waals surface area contributed by atoms with Crippen LogP contribution in [0.25, 0.3) is 0 Å². The largest absolute Gasteiger partial charge is 0.401 e. The number of hydrogen-bond acceptors (Lipinski definition) is 1. The Kier molecular flexibility index (Phi) is 3.10. The first-order valence-electron chi connectivity index (χ1n) is 2.27. The number of terminal acetylenes is 1. The van der Waals surface area contributed by atoms with Gasteiger partial charge in [0.05, 0.1) is 13.1 Å². The maximum Gasteiger partial charge on any atom is 0.401 e. The van der Waals surface area contributed by atoms with Crippen molar-refractivity contribution in [1.82, 2.24) is 5.32 Å². The topological polar surface area (TPSA) is 12.0 Å². The average Bonchev–Trinajstić information content (AvgIpc) is 1.63. The Morgan fingerprint density at radius 1 is 1.44 bits per heavy atom. The highest BCUT2D eigenvalue weighted by Gasteiger charge is 2.25. The Hall–Kier alpha value is -0.690. The van der Waals surface area contributed by atoms with Crippen molar-refractivity contribution < 1.29 is 13.2 Å². The molecular formula is C5H6F3N. The molecule has 1 nitrogen and oxygen atoms in total. The first-order chi connectivity index (χ1) is 4.06. The van der Waals surface area contributed by atoms with Crippen LogP contribution >= 0.6 is 0 Å². The van der Waals surface area contributed by atoms with Gasteiger partial charge in [-0.3, -0.25) is 5.32 Å². The molecule has 0 spiro atoms. The third-order valence-electron chi connectivity index (χ3n) is 0.553. The van der Waals surface area contributed by atoms with Gasteiger partial charge in [-0.1, -0.05) is 5.92 Å². The van der Waals surface area contributed by atoms with Crippen molar-refractivity contribution in [1.29, 1.82) is 0 Å². The zero-order valence-corrected chi connectivity index (χ0v) is 4.63. The molecule has 0 aromatic heterocycles. The Balaban J connectivity index is 3.20. The Morgan fingerprint density at radius 2 is 2.00 bits per heavy atom. The molecular weight excluding hydrogens is 131 g/mol. The number of nitrogens with one attached hydrogen (secondary N) is 1. The van der Waals surface area contributed by atoms with Crippen LogP contribution in [0.1, 0.15) is 0 Å². The molecule has 0 atom stereocenters. The minimum atomic E-state index is -4.16. The molecule has 4 heteroatoms. The monoisotopic (exact) mass is 137 g/mol. The summed E-state index contributed by atoms with van der Waals surface area (Å²) >= 11 is 0. The summed E-state index contributed by atoms with van der Waals surface area (Å²) in [5.74, 6) is 2.03. The Morgan fingerprint density at radius 3 is 2.33 bits per heavy atom. The van der Waals surface area contributed by atoms with E-state index in [4.69, 9.17) is 0 Å². The predicted octanol–water partition coefficient (Wildman–Crippen LogP) is 0.772. The first-order valence-corrected chi connectivity index (χ1v) is 2.27. The lowest BCUT2D eigenvalue weighted by Crippen LogP contribution is -2.28. The van der Waals surface area contributed by atoms with Crippen molar-refractivity contribution >= 4 is 0 Å². The summed E-state index contributed by atoms with van der Waals surface area (Å²) in [4.78, 5) is 0. The van der Waals surface area contributed by atoms with Crippen LogP contribution in [0, 0.1) is 12.3 Å². The second-order valence-corrected chi connectivity index (χ2v) is 1.42. The van der Waals surface area contributed by atoms with E-state index in [1.54, 1.807) is 0 Å². The molecule has 0 aliphatic rings. The molecule has 0 saturated carbocycles. The molecule has 0 unspecified atom stereocenters. The van der Waals surface area contributed by atoms with Gasteiger partial charge >= 0.3 is 6.18 Å². The SMILES string of the molecule is C#CCNCC(F)(F)F. The normalized spacial score (nSPS) is 10.9. The standard InChI is InChI=1S/C5H6F3N/c1-2-3-9-4-5(6,7)8/h1,9H,3-4H2. The number of hydrogen-bond donors (Lipinski definition) is 1. The second-order valence-electron chi connectivity index (χ2n) is 1.42. The lowest BCUT2D eigenvalue weighted by Gasteiger charge is -2.03. The second kappa shape index (κ2) is 3.36. The minimum absolute atomic E-state index is 0.0422. The van der Waals surface area contributed by atoms with E-state index in [9.17, 15) is 13.2 Å². The van der Waals surface area contributed by atoms with Crippen molar-refractivity contribution in [2.45, 2.75) is 6.18 Å². The molecule has 0 heterocycles. The summed E-state index contributed by atoms with van der Waals surface area (Å²) in [5.41, 5.74) is 0. The van der Waals surface area contributed by atoms with Gasteiger partial charge in [0.15, 0.2) is 0 Å². The molecule has 9 heavy (non-hydrogen) atoms. The predicted molar refractivity (Wildman–Crippen MR) is 27.8 cm³/mol. The average molecular weight is 137 g/mol. The molecule has 0 aromatic rings. The van der Waals surface area contributed by atoms with Crippen LogP contribution in [0.5, 0.6) is 0 Å². The van der Waals surface area contributed by atoms with Gasteiger partial charge in [-0.25, -0.2) is 0 Å². The van der Waals surface area contributed by atoms with Crippen LogP contribution in [0.4, 0.5) is 13.2 Å². The summed E-state index contributed by atoms with van der Waals surface area (Å²) in [6.07, 6.45) is 0.522. The van der Waals surface area contributed by atoms with Gasteiger partial charge in [-0.2, -0.15) is 13.2 Å². The summed E-state index contributed by atoms with van der Waals surface area (Å²) in [6.45, 7) is -1.06. The van der Waals surface area contributed by atoms with Gasteiger partial charge in [-0.15, -0.1) is 6.42 Å². The molecule has 0 radical (unpaired) electrons. The molecule has 0 saturated heterocycles. The highest BCUT2D eigenvalue weighted by atomic mass is 19.4. The molecule has 0 aromatic carbocycles. The van der Waals surface area contributed by atoms with Crippen LogP contribution in [-0.2, 0) is 0 Å². The number of alkyl halides is 3. The molecule has 1 N–H and O–H groups in total. The van der Waals surface area contributed by atoms with Crippen LogP contribution in [0.2, 0.25) is 0 Å². The highest BCUT2D eigenvalue weighted by Crippen LogP contribution is 2.11. The Bertz CT molecular complexity index is 110. The fourth-order valence-corrected chi connectivity index (χ4v) is 0.276. The van der Waals surface area contributed by atoms with E-state index < -0.39 is 12.7 Å². The summed E-state index contributed by atoms with van der Waals surface area (Å²) in [6, 6.07) is 0. The number of halogens is 3. The molecule has 0 bridgehead atoms. The zero-order chi connectivity index (χ0) is 7.33. The molecule has 0 amide bonds. The molecule has 0 fully saturated rings. The van der Waals surface area contributed by atoms with Gasteiger partial charge in [0.1, 0.15) is 0 Å². The number of rotatable bonds is 2. The zero-order valence-electron chi connectivity index (χ0n) is 4.63. The van der Waals surface area contributed by atoms with E-state index in [0.29, 0.717) is 0 Å². The van der Waals surface area contributed by atoms with E-state index in [1.807, 2.05) is 11.2 Å². The van der Waals surface area contributed by atoms with E-state index in [-0.39, 0.29) is 6.54 Å². The molecule has 52 valence electrons. The van der Waals surface area contributed by atoms with Crippen molar-refractivity contribution in [3.63, 3.8) is 0 Å². The highest BCUT2D eigenvalue weighted by molar-refractivity contribution is 4.86. The van der Waals surface area contributed by atoms with E-state index >= 15 is 0 Å². The summed E-state index contributed by atoms with van der Waals surface area (Å²) < 4.78 is 33.7. The van der Waals surface area contributed by atoms with Crippen LogP contribution < -0.4 is 5.32 Å². The van der Waals surface area contributed by atoms with E-state index in [0.717, 1.165) is 0 Å². The van der Waals surface area contributed by atoms with Crippen LogP contribution in [0.3, 0.4) is 0 Å². The van der Waals surface area contributed by atoms with Gasteiger partial charge in [0.25, 0.3) is 0 Å². The smallest absolute Gasteiger partial charge is 0.298 e. The lowest BCUT2D eigenvalue weighted by atomic mass is 10.6. The lowest BCUT2D eigenvalue weighted by molar-refractivity contribution is -0.124. The molecule has 0 aliphatic heterocycles.